The number of benzene rings is 3. The Hall–Kier alpha value is -2.90. The molecule has 1 N–H and O–H groups in total. The molecule has 6 atom stereocenters. The molecule has 3 fully saturated rings. The van der Waals surface area contributed by atoms with Crippen molar-refractivity contribution >= 4 is 11.4 Å². The van der Waals surface area contributed by atoms with E-state index in [2.05, 4.69) is 67.3 Å². The third-order valence-electron chi connectivity index (χ3n) is 8.36. The summed E-state index contributed by atoms with van der Waals surface area (Å²) in [5.41, 5.74) is 5.64. The Kier molecular flexibility index (Phi) is 8.40. The molecule has 212 valence electrons. The Labute approximate surface area is 237 Å². The molecule has 0 amide bonds. The summed E-state index contributed by atoms with van der Waals surface area (Å²) in [6, 6.07) is 24.7. The van der Waals surface area contributed by atoms with Crippen molar-refractivity contribution in [3.8, 4) is 5.75 Å². The van der Waals surface area contributed by atoms with E-state index < -0.39 is 0 Å². The highest BCUT2D eigenvalue weighted by Crippen LogP contribution is 2.38. The van der Waals surface area contributed by atoms with Gasteiger partial charge < -0.3 is 29.0 Å². The minimum Gasteiger partial charge on any atom is -0.508 e. The van der Waals surface area contributed by atoms with Crippen LogP contribution < -0.4 is 4.90 Å². The standard InChI is InChI=1S/C34H41NO5/c1-3-5-30(33-23(2)39-33)37-21-25-8-14-27(15-9-25)35(20-24-12-18-29(36)19-13-24)28-16-10-26(11-17-28)22-38-31-6-4-7-32-34(31)40-32/h8-19,23,30-34,36H,3-7,20-22H2,1-2H3. The summed E-state index contributed by atoms with van der Waals surface area (Å²) < 4.78 is 23.9. The third-order valence-corrected chi connectivity index (χ3v) is 8.36. The molecule has 6 nitrogen and oxygen atoms in total. The molecule has 1 saturated carbocycles. The lowest BCUT2D eigenvalue weighted by Gasteiger charge is -2.26. The maximum absolute atomic E-state index is 9.77. The molecule has 6 unspecified atom stereocenters. The summed E-state index contributed by atoms with van der Waals surface area (Å²) >= 11 is 0. The van der Waals surface area contributed by atoms with E-state index in [9.17, 15) is 5.11 Å². The van der Waals surface area contributed by atoms with Gasteiger partial charge in [0.2, 0.25) is 0 Å². The Bertz CT molecular complexity index is 1230. The van der Waals surface area contributed by atoms with Crippen LogP contribution in [0.4, 0.5) is 11.4 Å². The highest BCUT2D eigenvalue weighted by Gasteiger charge is 2.47. The van der Waals surface area contributed by atoms with Gasteiger partial charge in [-0.3, -0.25) is 0 Å². The first-order valence-corrected chi connectivity index (χ1v) is 14.8. The predicted molar refractivity (Wildman–Crippen MR) is 156 cm³/mol. The first-order chi connectivity index (χ1) is 19.6. The molecule has 0 radical (unpaired) electrons. The molecule has 0 bridgehead atoms. The first-order valence-electron chi connectivity index (χ1n) is 14.8. The van der Waals surface area contributed by atoms with E-state index in [-0.39, 0.29) is 24.1 Å². The molecule has 0 aromatic heterocycles. The third kappa shape index (κ3) is 6.69. The van der Waals surface area contributed by atoms with Gasteiger partial charge in [0.1, 0.15) is 18.0 Å². The van der Waals surface area contributed by atoms with Crippen LogP contribution in [0.25, 0.3) is 0 Å². The molecular weight excluding hydrogens is 502 g/mol. The van der Waals surface area contributed by atoms with Crippen molar-refractivity contribution in [2.24, 2.45) is 0 Å². The van der Waals surface area contributed by atoms with Gasteiger partial charge in [-0.15, -0.1) is 0 Å². The molecular formula is C34H41NO5. The number of ether oxygens (including phenoxy) is 4. The number of phenols is 1. The smallest absolute Gasteiger partial charge is 0.115 e. The largest absolute Gasteiger partial charge is 0.508 e. The fraction of sp³-hybridized carbons (Fsp3) is 0.471. The summed E-state index contributed by atoms with van der Waals surface area (Å²) in [5, 5.41) is 9.77. The summed E-state index contributed by atoms with van der Waals surface area (Å²) in [6.45, 7) is 6.17. The Morgan fingerprint density at radius 1 is 0.850 bits per heavy atom. The van der Waals surface area contributed by atoms with E-state index >= 15 is 0 Å². The van der Waals surface area contributed by atoms with E-state index in [4.69, 9.17) is 18.9 Å². The number of phenolic OH excluding ortho intramolecular Hbond substituents is 1. The monoisotopic (exact) mass is 543 g/mol. The average Bonchev–Trinajstić information content (AvgIpc) is 3.91. The summed E-state index contributed by atoms with van der Waals surface area (Å²) in [5.74, 6) is 0.275. The van der Waals surface area contributed by atoms with Crippen molar-refractivity contribution in [2.45, 2.75) is 102 Å². The maximum Gasteiger partial charge on any atom is 0.115 e. The Morgan fingerprint density at radius 2 is 1.48 bits per heavy atom. The predicted octanol–water partition coefficient (Wildman–Crippen LogP) is 7.04. The number of hydrogen-bond acceptors (Lipinski definition) is 6. The Morgan fingerprint density at radius 3 is 2.10 bits per heavy atom. The SMILES string of the molecule is CCCC(OCc1ccc(N(Cc2ccc(O)cc2)c2ccc(COC3CCCC4OC34)cc2)cc1)C1OC1C. The van der Waals surface area contributed by atoms with E-state index in [0.717, 1.165) is 41.8 Å². The zero-order valence-electron chi connectivity index (χ0n) is 23.6. The lowest BCUT2D eigenvalue weighted by atomic mass is 9.98. The van der Waals surface area contributed by atoms with Gasteiger partial charge in [-0.2, -0.15) is 0 Å². The van der Waals surface area contributed by atoms with Gasteiger partial charge in [0, 0.05) is 17.9 Å². The zero-order chi connectivity index (χ0) is 27.5. The van der Waals surface area contributed by atoms with Crippen LogP contribution in [0.3, 0.4) is 0 Å². The van der Waals surface area contributed by atoms with Gasteiger partial charge in [0.05, 0.1) is 37.6 Å². The molecule has 2 heterocycles. The maximum atomic E-state index is 9.77. The molecule has 2 aliphatic heterocycles. The second-order valence-electron chi connectivity index (χ2n) is 11.4. The van der Waals surface area contributed by atoms with Crippen LogP contribution in [0.5, 0.6) is 5.75 Å². The average molecular weight is 544 g/mol. The molecule has 1 aliphatic carbocycles. The summed E-state index contributed by atoms with van der Waals surface area (Å²) in [4.78, 5) is 2.30. The van der Waals surface area contributed by atoms with Crippen molar-refractivity contribution in [1.82, 2.24) is 0 Å². The van der Waals surface area contributed by atoms with E-state index in [0.29, 0.717) is 38.1 Å². The molecule has 3 aromatic rings. The fourth-order valence-corrected chi connectivity index (χ4v) is 5.86. The van der Waals surface area contributed by atoms with Gasteiger partial charge in [0.25, 0.3) is 0 Å². The van der Waals surface area contributed by atoms with Crippen LogP contribution in [0, 0.1) is 0 Å². The second kappa shape index (κ2) is 12.3. The number of anilines is 2. The highest BCUT2D eigenvalue weighted by atomic mass is 16.6. The highest BCUT2D eigenvalue weighted by molar-refractivity contribution is 5.64. The molecule has 3 aliphatic rings. The van der Waals surface area contributed by atoms with E-state index in [1.54, 1.807) is 12.1 Å². The van der Waals surface area contributed by atoms with E-state index in [1.807, 2.05) is 12.1 Å². The normalized spacial score (nSPS) is 25.7. The quantitative estimate of drug-likeness (QED) is 0.233. The minimum absolute atomic E-state index is 0.157. The van der Waals surface area contributed by atoms with Crippen LogP contribution >= 0.6 is 0 Å². The van der Waals surface area contributed by atoms with Crippen molar-refractivity contribution in [3.63, 3.8) is 0 Å². The number of nitrogens with zero attached hydrogens (tertiary/aromatic N) is 1. The van der Waals surface area contributed by atoms with Gasteiger partial charge in [-0.1, -0.05) is 49.7 Å². The molecule has 40 heavy (non-hydrogen) atoms. The molecule has 2 saturated heterocycles. The zero-order valence-corrected chi connectivity index (χ0v) is 23.6. The van der Waals surface area contributed by atoms with Crippen LogP contribution in [-0.2, 0) is 38.7 Å². The Balaban J connectivity index is 1.13. The van der Waals surface area contributed by atoms with Gasteiger partial charge in [-0.05, 0) is 85.7 Å². The van der Waals surface area contributed by atoms with Crippen molar-refractivity contribution in [1.29, 1.82) is 0 Å². The summed E-state index contributed by atoms with van der Waals surface area (Å²) in [6.07, 6.45) is 7.22. The van der Waals surface area contributed by atoms with Gasteiger partial charge >= 0.3 is 0 Å². The second-order valence-corrected chi connectivity index (χ2v) is 11.4. The van der Waals surface area contributed by atoms with Gasteiger partial charge in [0.15, 0.2) is 0 Å². The fourth-order valence-electron chi connectivity index (χ4n) is 5.86. The lowest BCUT2D eigenvalue weighted by Crippen LogP contribution is -2.25. The van der Waals surface area contributed by atoms with Crippen LogP contribution in [0.1, 0.15) is 62.6 Å². The van der Waals surface area contributed by atoms with Crippen molar-refractivity contribution in [2.75, 3.05) is 4.90 Å². The molecule has 3 aromatic carbocycles. The van der Waals surface area contributed by atoms with Crippen molar-refractivity contribution < 1.29 is 24.1 Å². The number of epoxide rings is 2. The van der Waals surface area contributed by atoms with Crippen LogP contribution in [-0.4, -0.2) is 41.7 Å². The number of aromatic hydroxyl groups is 1. The van der Waals surface area contributed by atoms with Crippen molar-refractivity contribution in [3.05, 3.63) is 89.5 Å². The lowest BCUT2D eigenvalue weighted by molar-refractivity contribution is 0.0135. The summed E-state index contributed by atoms with van der Waals surface area (Å²) in [7, 11) is 0. The topological polar surface area (TPSA) is 67.0 Å². The number of rotatable bonds is 13. The van der Waals surface area contributed by atoms with Crippen LogP contribution in [0.15, 0.2) is 72.8 Å². The minimum atomic E-state index is 0.157. The molecule has 6 rings (SSSR count). The molecule has 6 heteroatoms. The van der Waals surface area contributed by atoms with E-state index in [1.165, 1.54) is 18.4 Å². The number of fused-ring (bicyclic) bond motifs is 1. The molecule has 0 spiro atoms. The van der Waals surface area contributed by atoms with Crippen LogP contribution in [0.2, 0.25) is 0 Å². The first kappa shape index (κ1) is 27.3. The number of hydrogen-bond donors (Lipinski definition) is 1. The van der Waals surface area contributed by atoms with Gasteiger partial charge in [-0.25, -0.2) is 0 Å².